The van der Waals surface area contributed by atoms with Crippen LogP contribution in [0.5, 0.6) is 17.2 Å². The Bertz CT molecular complexity index is 540. The fraction of sp³-hybridized carbons (Fsp3) is 0.182. The quantitative estimate of drug-likeness (QED) is 0.802. The number of hydrogen-bond acceptors (Lipinski definition) is 5. The van der Waals surface area contributed by atoms with Gasteiger partial charge in [-0.2, -0.15) is 0 Å². The summed E-state index contributed by atoms with van der Waals surface area (Å²) in [6, 6.07) is 3.42. The first-order valence-corrected chi connectivity index (χ1v) is 4.66. The molecule has 2 aromatic rings. The third kappa shape index (κ3) is 1.46. The number of benzene rings is 1. The Kier molecular flexibility index (Phi) is 2.44. The molecule has 5 nitrogen and oxygen atoms in total. The summed E-state index contributed by atoms with van der Waals surface area (Å²) in [6.07, 6.45) is 1.30. The molecule has 0 saturated carbocycles. The lowest BCUT2D eigenvalue weighted by Gasteiger charge is -2.10. The van der Waals surface area contributed by atoms with Crippen LogP contribution < -0.4 is 15.2 Å². The summed E-state index contributed by atoms with van der Waals surface area (Å²) in [5.41, 5.74) is 6.65. The van der Waals surface area contributed by atoms with Crippen LogP contribution in [0.15, 0.2) is 18.3 Å². The van der Waals surface area contributed by atoms with E-state index in [9.17, 15) is 5.11 Å². The molecule has 0 fully saturated rings. The van der Waals surface area contributed by atoms with Crippen LogP contribution in [0.25, 0.3) is 10.9 Å². The van der Waals surface area contributed by atoms with Gasteiger partial charge in [0.1, 0.15) is 11.5 Å². The van der Waals surface area contributed by atoms with E-state index in [0.717, 1.165) is 0 Å². The molecule has 0 amide bonds. The summed E-state index contributed by atoms with van der Waals surface area (Å²) in [5, 5.41) is 10.1. The minimum absolute atomic E-state index is 0.0593. The van der Waals surface area contributed by atoms with Crippen molar-refractivity contribution < 1.29 is 14.6 Å². The maximum Gasteiger partial charge on any atom is 0.157 e. The zero-order chi connectivity index (χ0) is 11.7. The fourth-order valence-corrected chi connectivity index (χ4v) is 1.56. The first-order chi connectivity index (χ1) is 7.67. The number of nitrogens with two attached hydrogens (primary N) is 1. The average molecular weight is 220 g/mol. The van der Waals surface area contributed by atoms with Gasteiger partial charge >= 0.3 is 0 Å². The van der Waals surface area contributed by atoms with Crippen molar-refractivity contribution in [1.82, 2.24) is 4.98 Å². The molecule has 1 aromatic carbocycles. The molecule has 1 heterocycles. The Morgan fingerprint density at radius 2 is 2.00 bits per heavy atom. The fourth-order valence-electron chi connectivity index (χ4n) is 1.56. The Hall–Kier alpha value is -2.17. The van der Waals surface area contributed by atoms with Crippen molar-refractivity contribution in [2.75, 3.05) is 20.0 Å². The highest BCUT2D eigenvalue weighted by atomic mass is 16.5. The van der Waals surface area contributed by atoms with Crippen LogP contribution in [0.3, 0.4) is 0 Å². The lowest BCUT2D eigenvalue weighted by atomic mass is 10.1. The van der Waals surface area contributed by atoms with Crippen molar-refractivity contribution in [2.45, 2.75) is 0 Å². The molecule has 2 rings (SSSR count). The first kappa shape index (κ1) is 10.4. The maximum absolute atomic E-state index is 9.49. The van der Waals surface area contributed by atoms with E-state index in [4.69, 9.17) is 15.2 Å². The highest BCUT2D eigenvalue weighted by Crippen LogP contribution is 2.37. The summed E-state index contributed by atoms with van der Waals surface area (Å²) >= 11 is 0. The van der Waals surface area contributed by atoms with Crippen molar-refractivity contribution in [1.29, 1.82) is 0 Å². The van der Waals surface area contributed by atoms with Crippen LogP contribution >= 0.6 is 0 Å². The summed E-state index contributed by atoms with van der Waals surface area (Å²) in [7, 11) is 3.09. The Morgan fingerprint density at radius 1 is 1.25 bits per heavy atom. The SMILES string of the molecule is COc1cc(OC)c2c(N)c(O)cnc2c1. The number of anilines is 1. The Labute approximate surface area is 92.4 Å². The van der Waals surface area contributed by atoms with E-state index in [0.29, 0.717) is 22.4 Å². The number of pyridine rings is 1. The normalized spacial score (nSPS) is 10.4. The van der Waals surface area contributed by atoms with Crippen LogP contribution in [-0.2, 0) is 0 Å². The van der Waals surface area contributed by atoms with Crippen LogP contribution in [0.4, 0.5) is 5.69 Å². The lowest BCUT2D eigenvalue weighted by molar-refractivity contribution is 0.397. The smallest absolute Gasteiger partial charge is 0.157 e. The van der Waals surface area contributed by atoms with Crippen molar-refractivity contribution in [3.05, 3.63) is 18.3 Å². The van der Waals surface area contributed by atoms with Gasteiger partial charge in [-0.1, -0.05) is 0 Å². The molecule has 0 saturated heterocycles. The lowest BCUT2D eigenvalue weighted by Crippen LogP contribution is -1.95. The number of methoxy groups -OCH3 is 2. The van der Waals surface area contributed by atoms with Crippen LogP contribution in [0, 0.1) is 0 Å². The van der Waals surface area contributed by atoms with Crippen molar-refractivity contribution >= 4 is 16.6 Å². The molecule has 3 N–H and O–H groups in total. The van der Waals surface area contributed by atoms with Gasteiger partial charge in [0.2, 0.25) is 0 Å². The number of nitrogen functional groups attached to an aromatic ring is 1. The third-order valence-corrected chi connectivity index (χ3v) is 2.38. The molecule has 0 spiro atoms. The number of aromatic nitrogens is 1. The monoisotopic (exact) mass is 220 g/mol. The number of rotatable bonds is 2. The largest absolute Gasteiger partial charge is 0.504 e. The van der Waals surface area contributed by atoms with Crippen LogP contribution in [-0.4, -0.2) is 24.3 Å². The Balaban J connectivity index is 2.84. The molecule has 0 radical (unpaired) electrons. The molecule has 0 aliphatic carbocycles. The minimum Gasteiger partial charge on any atom is -0.504 e. The molecule has 84 valence electrons. The van der Waals surface area contributed by atoms with E-state index in [1.807, 2.05) is 0 Å². The number of fused-ring (bicyclic) bond motifs is 1. The van der Waals surface area contributed by atoms with Gasteiger partial charge in [0.05, 0.1) is 37.0 Å². The van der Waals surface area contributed by atoms with Gasteiger partial charge in [-0.25, -0.2) is 0 Å². The summed E-state index contributed by atoms with van der Waals surface area (Å²) in [5.74, 6) is 1.09. The van der Waals surface area contributed by atoms with Crippen molar-refractivity contribution in [2.24, 2.45) is 0 Å². The van der Waals surface area contributed by atoms with Gasteiger partial charge in [0, 0.05) is 12.1 Å². The summed E-state index contributed by atoms with van der Waals surface area (Å²) < 4.78 is 10.3. The molecule has 5 heteroatoms. The molecule has 0 aliphatic rings. The van der Waals surface area contributed by atoms with Gasteiger partial charge in [-0.3, -0.25) is 4.98 Å². The topological polar surface area (TPSA) is 77.6 Å². The molecule has 0 unspecified atom stereocenters. The van der Waals surface area contributed by atoms with E-state index in [-0.39, 0.29) is 11.4 Å². The molecule has 0 bridgehead atoms. The third-order valence-electron chi connectivity index (χ3n) is 2.38. The highest BCUT2D eigenvalue weighted by molar-refractivity contribution is 5.98. The van der Waals surface area contributed by atoms with Crippen molar-refractivity contribution in [3.63, 3.8) is 0 Å². The van der Waals surface area contributed by atoms with Gasteiger partial charge in [-0.05, 0) is 0 Å². The van der Waals surface area contributed by atoms with Gasteiger partial charge in [0.15, 0.2) is 5.75 Å². The highest BCUT2D eigenvalue weighted by Gasteiger charge is 2.12. The molecular weight excluding hydrogens is 208 g/mol. The van der Waals surface area contributed by atoms with E-state index in [1.165, 1.54) is 13.3 Å². The second kappa shape index (κ2) is 3.77. The average Bonchev–Trinajstić information content (AvgIpc) is 2.32. The number of ether oxygens (including phenoxy) is 2. The van der Waals surface area contributed by atoms with Gasteiger partial charge in [0.25, 0.3) is 0 Å². The standard InChI is InChI=1S/C11H12N2O3/c1-15-6-3-7-10(9(4-6)16-2)11(12)8(14)5-13-7/h3-5,14H,1-2H3,(H2,12,13). The summed E-state index contributed by atoms with van der Waals surface area (Å²) in [4.78, 5) is 4.07. The Morgan fingerprint density at radius 3 is 2.62 bits per heavy atom. The maximum atomic E-state index is 9.49. The van der Waals surface area contributed by atoms with E-state index in [1.54, 1.807) is 19.2 Å². The van der Waals surface area contributed by atoms with Crippen molar-refractivity contribution in [3.8, 4) is 17.2 Å². The first-order valence-electron chi connectivity index (χ1n) is 4.66. The van der Waals surface area contributed by atoms with Crippen LogP contribution in [0.2, 0.25) is 0 Å². The molecular formula is C11H12N2O3. The predicted molar refractivity (Wildman–Crippen MR) is 60.9 cm³/mol. The number of hydrogen-bond donors (Lipinski definition) is 2. The minimum atomic E-state index is -0.0593. The molecule has 1 aromatic heterocycles. The second-order valence-corrected chi connectivity index (χ2v) is 3.28. The van der Waals surface area contributed by atoms with Crippen LogP contribution in [0.1, 0.15) is 0 Å². The second-order valence-electron chi connectivity index (χ2n) is 3.28. The van der Waals surface area contributed by atoms with Gasteiger partial charge in [-0.15, -0.1) is 0 Å². The zero-order valence-electron chi connectivity index (χ0n) is 9.02. The van der Waals surface area contributed by atoms with Gasteiger partial charge < -0.3 is 20.3 Å². The summed E-state index contributed by atoms with van der Waals surface area (Å²) in [6.45, 7) is 0. The molecule has 0 aliphatic heterocycles. The van der Waals surface area contributed by atoms with E-state index < -0.39 is 0 Å². The zero-order valence-corrected chi connectivity index (χ0v) is 9.02. The molecule has 0 atom stereocenters. The van der Waals surface area contributed by atoms with E-state index >= 15 is 0 Å². The number of aromatic hydroxyl groups is 1. The number of nitrogens with zero attached hydrogens (tertiary/aromatic N) is 1. The predicted octanol–water partition coefficient (Wildman–Crippen LogP) is 1.54. The molecule has 16 heavy (non-hydrogen) atoms. The van der Waals surface area contributed by atoms with E-state index in [2.05, 4.69) is 4.98 Å².